The van der Waals surface area contributed by atoms with Gasteiger partial charge in [-0.05, 0) is 12.0 Å². The van der Waals surface area contributed by atoms with Crippen LogP contribution in [0.1, 0.15) is 12.0 Å². The number of ether oxygens (including phenoxy) is 1. The second-order valence-corrected chi connectivity index (χ2v) is 4.98. The summed E-state index contributed by atoms with van der Waals surface area (Å²) in [5, 5.41) is 11.9. The van der Waals surface area contributed by atoms with Gasteiger partial charge in [0.15, 0.2) is 0 Å². The van der Waals surface area contributed by atoms with Crippen molar-refractivity contribution in [1.29, 1.82) is 0 Å². The van der Waals surface area contributed by atoms with Crippen LogP contribution < -0.4 is 5.32 Å². The molecule has 1 aromatic rings. The molecule has 0 spiro atoms. The minimum atomic E-state index is -1.03. The van der Waals surface area contributed by atoms with Crippen molar-refractivity contribution in [2.24, 2.45) is 0 Å². The molecule has 2 amide bonds. The number of aliphatic carboxylic acids is 1. The van der Waals surface area contributed by atoms with Gasteiger partial charge in [-0.15, -0.1) is 0 Å². The van der Waals surface area contributed by atoms with E-state index < -0.39 is 12.0 Å². The van der Waals surface area contributed by atoms with Gasteiger partial charge >= 0.3 is 12.0 Å². The fourth-order valence-corrected chi connectivity index (χ4v) is 2.24. The highest BCUT2D eigenvalue weighted by atomic mass is 16.5. The Morgan fingerprint density at radius 2 is 2.00 bits per heavy atom. The van der Waals surface area contributed by atoms with Crippen LogP contribution >= 0.6 is 0 Å². The largest absolute Gasteiger partial charge is 0.480 e. The predicted octanol–water partition coefficient (Wildman–Crippen LogP) is 1.11. The molecule has 1 fully saturated rings. The molecular formula is C15H20N2O4. The first-order valence-electron chi connectivity index (χ1n) is 7.07. The van der Waals surface area contributed by atoms with Gasteiger partial charge < -0.3 is 20.1 Å². The summed E-state index contributed by atoms with van der Waals surface area (Å²) in [7, 11) is 0. The Morgan fingerprint density at radius 3 is 2.71 bits per heavy atom. The molecule has 2 rings (SSSR count). The van der Waals surface area contributed by atoms with E-state index in [9.17, 15) is 14.7 Å². The summed E-state index contributed by atoms with van der Waals surface area (Å²) < 4.78 is 5.28. The molecule has 1 atom stereocenters. The number of nitrogens with one attached hydrogen (secondary N) is 1. The van der Waals surface area contributed by atoms with Crippen molar-refractivity contribution in [3.63, 3.8) is 0 Å². The van der Waals surface area contributed by atoms with E-state index in [4.69, 9.17) is 4.74 Å². The fraction of sp³-hybridized carbons (Fsp3) is 0.467. The molecule has 1 aliphatic rings. The van der Waals surface area contributed by atoms with Gasteiger partial charge in [-0.3, -0.25) is 0 Å². The first-order chi connectivity index (χ1) is 10.2. The van der Waals surface area contributed by atoms with Crippen molar-refractivity contribution in [2.45, 2.75) is 18.9 Å². The predicted molar refractivity (Wildman–Crippen MR) is 77.1 cm³/mol. The normalized spacial score (nSPS) is 16.9. The van der Waals surface area contributed by atoms with Crippen LogP contribution in [0.3, 0.4) is 0 Å². The number of carbonyl (C=O) groups excluding carboxylic acids is 1. The molecule has 1 heterocycles. The minimum Gasteiger partial charge on any atom is -0.480 e. The SMILES string of the molecule is O=C(O)[C@H](Cc1ccccc1)NC(=O)N1CCCOCC1. The molecular weight excluding hydrogens is 272 g/mol. The molecule has 0 aromatic heterocycles. The highest BCUT2D eigenvalue weighted by Crippen LogP contribution is 2.05. The zero-order valence-electron chi connectivity index (χ0n) is 11.8. The van der Waals surface area contributed by atoms with E-state index in [1.807, 2.05) is 30.3 Å². The van der Waals surface area contributed by atoms with E-state index in [1.54, 1.807) is 4.90 Å². The van der Waals surface area contributed by atoms with Gasteiger partial charge in [0.05, 0.1) is 6.61 Å². The number of nitrogens with zero attached hydrogens (tertiary/aromatic N) is 1. The van der Waals surface area contributed by atoms with Crippen molar-refractivity contribution in [3.05, 3.63) is 35.9 Å². The van der Waals surface area contributed by atoms with Crippen LogP contribution in [0.25, 0.3) is 0 Å². The Kier molecular flexibility index (Phi) is 5.57. The summed E-state index contributed by atoms with van der Waals surface area (Å²) in [6, 6.07) is 8.00. The van der Waals surface area contributed by atoms with E-state index >= 15 is 0 Å². The van der Waals surface area contributed by atoms with Crippen LogP contribution in [0.5, 0.6) is 0 Å². The molecule has 6 heteroatoms. The lowest BCUT2D eigenvalue weighted by Crippen LogP contribution is -2.49. The fourth-order valence-electron chi connectivity index (χ4n) is 2.24. The maximum absolute atomic E-state index is 12.2. The summed E-state index contributed by atoms with van der Waals surface area (Å²) in [5.41, 5.74) is 0.879. The second-order valence-electron chi connectivity index (χ2n) is 4.98. The van der Waals surface area contributed by atoms with E-state index in [2.05, 4.69) is 5.32 Å². The average molecular weight is 292 g/mol. The summed E-state index contributed by atoms with van der Waals surface area (Å²) in [4.78, 5) is 25.1. The molecule has 21 heavy (non-hydrogen) atoms. The topological polar surface area (TPSA) is 78.9 Å². The first-order valence-corrected chi connectivity index (χ1v) is 7.07. The lowest BCUT2D eigenvalue weighted by atomic mass is 10.1. The Labute approximate surface area is 123 Å². The molecule has 1 aliphatic heterocycles. The van der Waals surface area contributed by atoms with Gasteiger partial charge in [0, 0.05) is 26.1 Å². The van der Waals surface area contributed by atoms with E-state index in [-0.39, 0.29) is 12.5 Å². The smallest absolute Gasteiger partial charge is 0.326 e. The Hall–Kier alpha value is -2.08. The minimum absolute atomic E-state index is 0.270. The van der Waals surface area contributed by atoms with Gasteiger partial charge in [-0.2, -0.15) is 0 Å². The van der Waals surface area contributed by atoms with Gasteiger partial charge in [0.1, 0.15) is 6.04 Å². The maximum atomic E-state index is 12.2. The zero-order valence-corrected chi connectivity index (χ0v) is 11.8. The summed E-state index contributed by atoms with van der Waals surface area (Å²) >= 11 is 0. The Morgan fingerprint density at radius 1 is 1.24 bits per heavy atom. The zero-order chi connectivity index (χ0) is 15.1. The van der Waals surface area contributed by atoms with E-state index in [1.165, 1.54) is 0 Å². The third-order valence-corrected chi connectivity index (χ3v) is 3.39. The molecule has 1 saturated heterocycles. The third-order valence-electron chi connectivity index (χ3n) is 3.39. The quantitative estimate of drug-likeness (QED) is 0.871. The van der Waals surface area contributed by atoms with Crippen LogP contribution in [0.4, 0.5) is 4.79 Å². The van der Waals surface area contributed by atoms with Crippen LogP contribution in [-0.2, 0) is 16.0 Å². The number of urea groups is 1. The molecule has 6 nitrogen and oxygen atoms in total. The molecule has 2 N–H and O–H groups in total. The molecule has 0 aliphatic carbocycles. The highest BCUT2D eigenvalue weighted by molar-refractivity contribution is 5.82. The van der Waals surface area contributed by atoms with Crippen molar-refractivity contribution >= 4 is 12.0 Å². The Bertz CT molecular complexity index is 470. The maximum Gasteiger partial charge on any atom is 0.326 e. The van der Waals surface area contributed by atoms with Gasteiger partial charge in [-0.25, -0.2) is 9.59 Å². The van der Waals surface area contributed by atoms with Gasteiger partial charge in [-0.1, -0.05) is 30.3 Å². The summed E-state index contributed by atoms with van der Waals surface area (Å²) in [5.74, 6) is -1.03. The van der Waals surface area contributed by atoms with Crippen LogP contribution in [0.15, 0.2) is 30.3 Å². The molecule has 0 saturated carbocycles. The number of rotatable bonds is 4. The number of carboxylic acid groups (broad SMARTS) is 1. The van der Waals surface area contributed by atoms with Crippen LogP contribution in [0.2, 0.25) is 0 Å². The highest BCUT2D eigenvalue weighted by Gasteiger charge is 2.24. The average Bonchev–Trinajstić information content (AvgIpc) is 2.76. The van der Waals surface area contributed by atoms with Gasteiger partial charge in [0.2, 0.25) is 0 Å². The van der Waals surface area contributed by atoms with Crippen LogP contribution in [0, 0.1) is 0 Å². The number of amides is 2. The number of hydrogen-bond acceptors (Lipinski definition) is 3. The van der Waals surface area contributed by atoms with Crippen molar-refractivity contribution in [3.8, 4) is 0 Å². The van der Waals surface area contributed by atoms with E-state index in [0.717, 1.165) is 12.0 Å². The summed E-state index contributed by atoms with van der Waals surface area (Å²) in [6.45, 7) is 2.20. The van der Waals surface area contributed by atoms with Gasteiger partial charge in [0.25, 0.3) is 0 Å². The molecule has 0 radical (unpaired) electrons. The molecule has 114 valence electrons. The number of hydrogen-bond donors (Lipinski definition) is 2. The Balaban J connectivity index is 1.95. The molecule has 1 aromatic carbocycles. The lowest BCUT2D eigenvalue weighted by molar-refractivity contribution is -0.139. The second kappa shape index (κ2) is 7.64. The third kappa shape index (κ3) is 4.75. The van der Waals surface area contributed by atoms with Crippen molar-refractivity contribution in [1.82, 2.24) is 10.2 Å². The summed E-state index contributed by atoms with van der Waals surface area (Å²) in [6.07, 6.45) is 1.04. The van der Waals surface area contributed by atoms with E-state index in [0.29, 0.717) is 26.3 Å². The number of carboxylic acids is 1. The van der Waals surface area contributed by atoms with Crippen molar-refractivity contribution in [2.75, 3.05) is 26.3 Å². The number of benzene rings is 1. The number of carbonyl (C=O) groups is 2. The molecule has 0 bridgehead atoms. The monoisotopic (exact) mass is 292 g/mol. The van der Waals surface area contributed by atoms with Crippen molar-refractivity contribution < 1.29 is 19.4 Å². The first kappa shape index (κ1) is 15.3. The molecule has 0 unspecified atom stereocenters. The lowest BCUT2D eigenvalue weighted by Gasteiger charge is -2.23. The standard InChI is InChI=1S/C15H20N2O4/c18-14(19)13(11-12-5-2-1-3-6-12)16-15(20)17-7-4-9-21-10-8-17/h1-3,5-6,13H,4,7-11H2,(H,16,20)(H,18,19)/t13-/m0/s1. The van der Waals surface area contributed by atoms with Crippen LogP contribution in [-0.4, -0.2) is 54.4 Å².